The predicted molar refractivity (Wildman–Crippen MR) is 119 cm³/mol. The molecule has 5 heteroatoms. The summed E-state index contributed by atoms with van der Waals surface area (Å²) in [6.45, 7) is 6.41. The third-order valence-corrected chi connectivity index (χ3v) is 5.34. The fraction of sp³-hybridized carbons (Fsp3) is 0.160. The molecule has 0 N–H and O–H groups in total. The van der Waals surface area contributed by atoms with Crippen molar-refractivity contribution >= 4 is 34.0 Å². The van der Waals surface area contributed by atoms with Crippen molar-refractivity contribution in [1.29, 1.82) is 0 Å². The van der Waals surface area contributed by atoms with E-state index in [-0.39, 0.29) is 20.1 Å². The van der Waals surface area contributed by atoms with Crippen molar-refractivity contribution in [2.24, 2.45) is 0 Å². The number of fused-ring (bicyclic) bond motifs is 2. The topological polar surface area (TPSA) is 32.3 Å². The Kier molecular flexibility index (Phi) is 5.85. The minimum Gasteiger partial charge on any atom is -0.477 e. The summed E-state index contributed by atoms with van der Waals surface area (Å²) in [4.78, 5) is 14.1. The maximum atomic E-state index is 4.96. The van der Waals surface area contributed by atoms with Crippen LogP contribution in [-0.2, 0) is 32.9 Å². The molecule has 0 bridgehead atoms. The summed E-state index contributed by atoms with van der Waals surface area (Å²) in [5.41, 5.74) is 6.41. The van der Waals surface area contributed by atoms with Gasteiger partial charge in [-0.15, -0.1) is 18.4 Å². The number of hydrogen-bond donors (Lipinski definition) is 0. The number of anilines is 4. The molecule has 0 atom stereocenters. The number of aryl methyl sites for hydroxylation is 2. The van der Waals surface area contributed by atoms with E-state index in [1.54, 1.807) is 0 Å². The first-order chi connectivity index (χ1) is 14.3. The van der Waals surface area contributed by atoms with E-state index in [2.05, 4.69) is 72.8 Å². The second-order valence-electron chi connectivity index (χ2n) is 7.17. The monoisotopic (exact) mass is 571 g/mol. The molecule has 0 saturated heterocycles. The fourth-order valence-corrected chi connectivity index (χ4v) is 3.68. The van der Waals surface area contributed by atoms with Gasteiger partial charge in [-0.2, -0.15) is 23.8 Å². The van der Waals surface area contributed by atoms with Crippen LogP contribution in [0.3, 0.4) is 0 Å². The van der Waals surface area contributed by atoms with Crippen LogP contribution < -0.4 is 9.80 Å². The third kappa shape index (κ3) is 3.60. The quantitative estimate of drug-likeness (QED) is 0.284. The molecule has 3 aromatic carbocycles. The fourth-order valence-electron chi connectivity index (χ4n) is 3.68. The van der Waals surface area contributed by atoms with Gasteiger partial charge in [-0.3, -0.25) is 0 Å². The summed E-state index contributed by atoms with van der Waals surface area (Å²) in [7, 11) is 0. The smallest absolute Gasteiger partial charge is 0.146 e. The Hall–Kier alpha value is -2.75. The maximum Gasteiger partial charge on any atom is 0.146 e. The zero-order valence-electron chi connectivity index (χ0n) is 17.0. The first kappa shape index (κ1) is 20.5. The molecule has 0 saturated carbocycles. The standard InChI is InChI=1S/C25H22N4.Ir/c1-3-18-9-7-11-20(15-18)28-17-29(21-12-8-10-19(4-2)16-21)25-24(28)26-22-13-5-6-14-23(22)27-25;/h5-11,13-17H,3-4H2,1-2H3;/q-2;. The Morgan fingerprint density at radius 2 is 1.47 bits per heavy atom. The number of aromatic nitrogens is 2. The number of benzene rings is 3. The first-order valence-corrected chi connectivity index (χ1v) is 10.1. The van der Waals surface area contributed by atoms with Gasteiger partial charge in [-0.25, -0.2) is 9.97 Å². The molecule has 0 spiro atoms. The van der Waals surface area contributed by atoms with Crippen molar-refractivity contribution in [2.45, 2.75) is 26.7 Å². The molecular weight excluding hydrogens is 549 g/mol. The Bertz CT molecular complexity index is 1100. The second-order valence-corrected chi connectivity index (χ2v) is 7.17. The zero-order valence-corrected chi connectivity index (χ0v) is 19.4. The Balaban J connectivity index is 0.00000218. The SMILES string of the molecule is CCc1cc[c-]c(N2[CH-]N(c3cccc(CC)c3)c3nc4ccccc4nc32)c1.[Ir]. The largest absolute Gasteiger partial charge is 0.477 e. The molecule has 2 heterocycles. The van der Waals surface area contributed by atoms with E-state index in [1.807, 2.05) is 30.3 Å². The molecule has 1 radical (unpaired) electrons. The van der Waals surface area contributed by atoms with Gasteiger partial charge in [0.2, 0.25) is 0 Å². The molecule has 1 aliphatic heterocycles. The van der Waals surface area contributed by atoms with Gasteiger partial charge in [0.25, 0.3) is 0 Å². The van der Waals surface area contributed by atoms with Crippen LogP contribution in [0.4, 0.5) is 23.0 Å². The van der Waals surface area contributed by atoms with E-state index in [1.165, 1.54) is 11.1 Å². The molecule has 153 valence electrons. The number of hydrogen-bond acceptors (Lipinski definition) is 4. The molecule has 1 aliphatic rings. The maximum absolute atomic E-state index is 4.96. The Labute approximate surface area is 190 Å². The van der Waals surface area contributed by atoms with Gasteiger partial charge in [0, 0.05) is 25.8 Å². The van der Waals surface area contributed by atoms with Gasteiger partial charge in [0.1, 0.15) is 11.6 Å². The van der Waals surface area contributed by atoms with Crippen LogP contribution in [0.15, 0.2) is 66.7 Å². The molecule has 4 nitrogen and oxygen atoms in total. The van der Waals surface area contributed by atoms with E-state index in [0.717, 1.165) is 46.9 Å². The van der Waals surface area contributed by atoms with Gasteiger partial charge >= 0.3 is 0 Å². The van der Waals surface area contributed by atoms with Crippen LogP contribution in [0, 0.1) is 12.7 Å². The van der Waals surface area contributed by atoms with Crippen LogP contribution in [0.25, 0.3) is 11.0 Å². The molecule has 0 aliphatic carbocycles. The summed E-state index contributed by atoms with van der Waals surface area (Å²) in [6.07, 6.45) is 1.97. The minimum absolute atomic E-state index is 0. The molecule has 0 unspecified atom stereocenters. The van der Waals surface area contributed by atoms with Gasteiger partial charge in [-0.05, 0) is 36.2 Å². The van der Waals surface area contributed by atoms with Crippen molar-refractivity contribution in [3.05, 3.63) is 90.6 Å². The molecule has 0 amide bonds. The van der Waals surface area contributed by atoms with Crippen LogP contribution in [-0.4, -0.2) is 9.97 Å². The summed E-state index contributed by atoms with van der Waals surface area (Å²) >= 11 is 0. The summed E-state index contributed by atoms with van der Waals surface area (Å²) in [5.74, 6) is 1.67. The van der Waals surface area contributed by atoms with E-state index >= 15 is 0 Å². The summed E-state index contributed by atoms with van der Waals surface area (Å²) < 4.78 is 0. The van der Waals surface area contributed by atoms with E-state index in [0.29, 0.717) is 0 Å². The van der Waals surface area contributed by atoms with E-state index < -0.39 is 0 Å². The van der Waals surface area contributed by atoms with Crippen LogP contribution in [0.5, 0.6) is 0 Å². The Morgan fingerprint density at radius 1 is 0.800 bits per heavy atom. The molecule has 4 aromatic rings. The minimum atomic E-state index is 0. The number of nitrogens with zero attached hydrogens (tertiary/aromatic N) is 4. The number of para-hydroxylation sites is 2. The molecular formula is C25H22IrN4-2. The average molecular weight is 571 g/mol. The van der Waals surface area contributed by atoms with Crippen molar-refractivity contribution in [3.8, 4) is 0 Å². The summed E-state index contributed by atoms with van der Waals surface area (Å²) in [6, 6.07) is 26.2. The van der Waals surface area contributed by atoms with Gasteiger partial charge < -0.3 is 9.80 Å². The molecule has 30 heavy (non-hydrogen) atoms. The van der Waals surface area contributed by atoms with Gasteiger partial charge in [0.05, 0.1) is 11.0 Å². The van der Waals surface area contributed by atoms with E-state index in [4.69, 9.17) is 9.97 Å². The normalized spacial score (nSPS) is 12.7. The van der Waals surface area contributed by atoms with E-state index in [9.17, 15) is 0 Å². The Morgan fingerprint density at radius 3 is 2.17 bits per heavy atom. The van der Waals surface area contributed by atoms with Crippen molar-refractivity contribution in [3.63, 3.8) is 0 Å². The second kappa shape index (κ2) is 8.55. The van der Waals surface area contributed by atoms with Crippen LogP contribution in [0.1, 0.15) is 25.0 Å². The predicted octanol–water partition coefficient (Wildman–Crippen LogP) is 5.96. The molecule has 1 aromatic heterocycles. The van der Waals surface area contributed by atoms with Crippen LogP contribution in [0.2, 0.25) is 0 Å². The van der Waals surface area contributed by atoms with Crippen molar-refractivity contribution in [1.82, 2.24) is 9.97 Å². The summed E-state index contributed by atoms with van der Waals surface area (Å²) in [5, 5.41) is 0. The van der Waals surface area contributed by atoms with Gasteiger partial charge in [0.15, 0.2) is 0 Å². The molecule has 0 fully saturated rings. The third-order valence-electron chi connectivity index (χ3n) is 5.34. The average Bonchev–Trinajstić information content (AvgIpc) is 3.16. The zero-order chi connectivity index (χ0) is 19.8. The van der Waals surface area contributed by atoms with Crippen molar-refractivity contribution < 1.29 is 20.1 Å². The van der Waals surface area contributed by atoms with Crippen LogP contribution >= 0.6 is 0 Å². The van der Waals surface area contributed by atoms with Crippen molar-refractivity contribution in [2.75, 3.05) is 9.80 Å². The molecule has 5 rings (SSSR count). The van der Waals surface area contributed by atoms with Gasteiger partial charge in [-0.1, -0.05) is 44.5 Å². The first-order valence-electron chi connectivity index (χ1n) is 10.1. The number of rotatable bonds is 4.